The third-order valence-electron chi connectivity index (χ3n) is 5.38. The van der Waals surface area contributed by atoms with Gasteiger partial charge >= 0.3 is 0 Å². The Morgan fingerprint density at radius 3 is 2.10 bits per heavy atom. The van der Waals surface area contributed by atoms with Gasteiger partial charge in [-0.3, -0.25) is 4.79 Å². The molecule has 0 radical (unpaired) electrons. The monoisotopic (exact) mass is 318 g/mol. The number of halogens is 1. The van der Waals surface area contributed by atoms with Crippen molar-refractivity contribution < 1.29 is 15.0 Å². The number of carbonyl (C=O) groups excluding carboxylic acids is 1. The lowest BCUT2D eigenvalue weighted by atomic mass is 9.79. The summed E-state index contributed by atoms with van der Waals surface area (Å²) in [5.74, 6) is 1.56. The first kappa shape index (κ1) is 17.0. The predicted octanol–water partition coefficient (Wildman–Crippen LogP) is 0.388. The highest BCUT2D eigenvalue weighted by molar-refractivity contribution is 5.85. The summed E-state index contributed by atoms with van der Waals surface area (Å²) in [6, 6.07) is 0. The van der Waals surface area contributed by atoms with E-state index in [1.165, 1.54) is 0 Å². The molecule has 4 atom stereocenters. The molecular formula is C15H27ClN2O3. The van der Waals surface area contributed by atoms with Gasteiger partial charge in [0.05, 0.1) is 12.2 Å². The lowest BCUT2D eigenvalue weighted by Gasteiger charge is -2.31. The predicted molar refractivity (Wildman–Crippen MR) is 82.3 cm³/mol. The summed E-state index contributed by atoms with van der Waals surface area (Å²) in [4.78, 5) is 14.4. The number of aliphatic hydroxyl groups excluding tert-OH is 2. The number of nitrogens with one attached hydrogen (secondary N) is 1. The molecule has 1 aliphatic carbocycles. The van der Waals surface area contributed by atoms with Gasteiger partial charge in [0.25, 0.3) is 0 Å². The summed E-state index contributed by atoms with van der Waals surface area (Å²) in [5.41, 5.74) is 0. The quantitative estimate of drug-likeness (QED) is 0.688. The van der Waals surface area contributed by atoms with Crippen LogP contribution in [0.2, 0.25) is 0 Å². The van der Waals surface area contributed by atoms with Gasteiger partial charge in [0.1, 0.15) is 0 Å². The van der Waals surface area contributed by atoms with Crippen molar-refractivity contribution in [3.05, 3.63) is 0 Å². The normalized spacial score (nSPS) is 37.0. The molecule has 3 fully saturated rings. The van der Waals surface area contributed by atoms with Crippen LogP contribution in [-0.2, 0) is 4.79 Å². The van der Waals surface area contributed by atoms with Crippen molar-refractivity contribution >= 4 is 18.3 Å². The largest absolute Gasteiger partial charge is 0.390 e. The van der Waals surface area contributed by atoms with Gasteiger partial charge in [0.15, 0.2) is 0 Å². The zero-order chi connectivity index (χ0) is 14.1. The smallest absolute Gasteiger partial charge is 0.222 e. The van der Waals surface area contributed by atoms with Crippen LogP contribution in [0.1, 0.15) is 32.1 Å². The second-order valence-electron chi connectivity index (χ2n) is 6.82. The van der Waals surface area contributed by atoms with Gasteiger partial charge in [-0.05, 0) is 56.5 Å². The summed E-state index contributed by atoms with van der Waals surface area (Å²) >= 11 is 0. The van der Waals surface area contributed by atoms with Gasteiger partial charge in [-0.2, -0.15) is 0 Å². The van der Waals surface area contributed by atoms with Crippen molar-refractivity contribution in [3.8, 4) is 0 Å². The van der Waals surface area contributed by atoms with Gasteiger partial charge in [-0.1, -0.05) is 0 Å². The highest BCUT2D eigenvalue weighted by Crippen LogP contribution is 2.37. The molecule has 0 aromatic heterocycles. The fourth-order valence-electron chi connectivity index (χ4n) is 4.07. The molecule has 0 unspecified atom stereocenters. The molecule has 0 aromatic rings. The number of rotatable bonds is 2. The first-order valence-electron chi connectivity index (χ1n) is 7.98. The molecule has 2 saturated heterocycles. The molecule has 0 aromatic carbocycles. The fourth-order valence-corrected chi connectivity index (χ4v) is 4.07. The lowest BCUT2D eigenvalue weighted by molar-refractivity contribution is -0.131. The molecule has 2 heterocycles. The maximum atomic E-state index is 12.4. The van der Waals surface area contributed by atoms with Gasteiger partial charge in [-0.25, -0.2) is 0 Å². The van der Waals surface area contributed by atoms with E-state index in [2.05, 4.69) is 5.32 Å². The van der Waals surface area contributed by atoms with E-state index in [0.29, 0.717) is 37.0 Å². The zero-order valence-corrected chi connectivity index (χ0v) is 13.2. The fraction of sp³-hybridized carbons (Fsp3) is 0.933. The Hall–Kier alpha value is -0.360. The topological polar surface area (TPSA) is 72.8 Å². The molecule has 3 N–H and O–H groups in total. The van der Waals surface area contributed by atoms with Crippen molar-refractivity contribution in [2.75, 3.05) is 26.2 Å². The maximum Gasteiger partial charge on any atom is 0.222 e. The molecule has 1 amide bonds. The van der Waals surface area contributed by atoms with Crippen LogP contribution in [0, 0.1) is 17.8 Å². The van der Waals surface area contributed by atoms with Crippen LogP contribution in [0.5, 0.6) is 0 Å². The Morgan fingerprint density at radius 2 is 1.57 bits per heavy atom. The SMILES string of the molecule is Cl.O=C(CC1CCNCC1)N1C[C@H]2C[C@H](O)[C@@H](O)C[C@H]2C1. The van der Waals surface area contributed by atoms with Crippen LogP contribution in [-0.4, -0.2) is 59.4 Å². The Kier molecular flexibility index (Phi) is 5.88. The third kappa shape index (κ3) is 3.89. The second kappa shape index (κ2) is 7.27. The summed E-state index contributed by atoms with van der Waals surface area (Å²) in [6.07, 6.45) is 2.96. The number of fused-ring (bicyclic) bond motifs is 1. The number of piperidine rings is 1. The number of carbonyl (C=O) groups is 1. The van der Waals surface area contributed by atoms with Gasteiger partial charge in [-0.15, -0.1) is 12.4 Å². The summed E-state index contributed by atoms with van der Waals surface area (Å²) in [5, 5.41) is 22.8. The number of hydrogen-bond donors (Lipinski definition) is 3. The van der Waals surface area contributed by atoms with E-state index in [-0.39, 0.29) is 18.3 Å². The molecule has 2 aliphatic heterocycles. The van der Waals surface area contributed by atoms with E-state index in [9.17, 15) is 15.0 Å². The van der Waals surface area contributed by atoms with E-state index >= 15 is 0 Å². The van der Waals surface area contributed by atoms with Crippen molar-refractivity contribution in [1.29, 1.82) is 0 Å². The Labute approximate surface area is 132 Å². The molecule has 1 saturated carbocycles. The molecule has 5 nitrogen and oxygen atoms in total. The van der Waals surface area contributed by atoms with E-state index in [0.717, 1.165) is 39.0 Å². The standard InChI is InChI=1S/C15H26N2O3.ClH/c18-13-6-11-8-17(9-12(11)7-14(13)19)15(20)5-10-1-3-16-4-2-10;/h10-14,16,18-19H,1-9H2;1H/t11-,12+,13-,14-;/m0./s1. The van der Waals surface area contributed by atoms with Crippen molar-refractivity contribution in [2.45, 2.75) is 44.3 Å². The molecule has 3 rings (SSSR count). The van der Waals surface area contributed by atoms with Crippen LogP contribution >= 0.6 is 12.4 Å². The van der Waals surface area contributed by atoms with Crippen LogP contribution in [0.3, 0.4) is 0 Å². The average Bonchev–Trinajstić information content (AvgIpc) is 2.83. The first-order valence-corrected chi connectivity index (χ1v) is 7.98. The summed E-state index contributed by atoms with van der Waals surface area (Å²) < 4.78 is 0. The maximum absolute atomic E-state index is 12.4. The second-order valence-corrected chi connectivity index (χ2v) is 6.82. The minimum atomic E-state index is -0.601. The van der Waals surface area contributed by atoms with Gasteiger partial charge in [0.2, 0.25) is 5.91 Å². The highest BCUT2D eigenvalue weighted by Gasteiger charge is 2.42. The summed E-state index contributed by atoms with van der Waals surface area (Å²) in [6.45, 7) is 3.61. The third-order valence-corrected chi connectivity index (χ3v) is 5.38. The molecule has 21 heavy (non-hydrogen) atoms. The van der Waals surface area contributed by atoms with Gasteiger partial charge < -0.3 is 20.4 Å². The van der Waals surface area contributed by atoms with Crippen LogP contribution < -0.4 is 5.32 Å². The molecule has 0 spiro atoms. The minimum Gasteiger partial charge on any atom is -0.390 e. The molecule has 0 bridgehead atoms. The number of likely N-dealkylation sites (tertiary alicyclic amines) is 1. The van der Waals surface area contributed by atoms with E-state index in [1.54, 1.807) is 0 Å². The van der Waals surface area contributed by atoms with Crippen LogP contribution in [0.4, 0.5) is 0 Å². The van der Waals surface area contributed by atoms with Gasteiger partial charge in [0, 0.05) is 19.5 Å². The number of nitrogens with zero attached hydrogens (tertiary/aromatic N) is 1. The number of amides is 1. The minimum absolute atomic E-state index is 0. The summed E-state index contributed by atoms with van der Waals surface area (Å²) in [7, 11) is 0. The zero-order valence-electron chi connectivity index (χ0n) is 12.4. The molecular weight excluding hydrogens is 292 g/mol. The number of hydrogen-bond acceptors (Lipinski definition) is 4. The molecule has 6 heteroatoms. The Balaban J connectivity index is 0.00000161. The van der Waals surface area contributed by atoms with Crippen LogP contribution in [0.15, 0.2) is 0 Å². The Bertz CT molecular complexity index is 345. The molecule has 122 valence electrons. The van der Waals surface area contributed by atoms with Crippen molar-refractivity contribution in [3.63, 3.8) is 0 Å². The highest BCUT2D eigenvalue weighted by atomic mass is 35.5. The number of aliphatic hydroxyl groups is 2. The first-order chi connectivity index (χ1) is 9.63. The van der Waals surface area contributed by atoms with Crippen molar-refractivity contribution in [2.24, 2.45) is 17.8 Å². The Morgan fingerprint density at radius 1 is 1.05 bits per heavy atom. The van der Waals surface area contributed by atoms with Crippen LogP contribution in [0.25, 0.3) is 0 Å². The van der Waals surface area contributed by atoms with Crippen molar-refractivity contribution in [1.82, 2.24) is 10.2 Å². The van der Waals surface area contributed by atoms with E-state index < -0.39 is 12.2 Å². The molecule has 3 aliphatic rings. The lowest BCUT2D eigenvalue weighted by Crippen LogP contribution is -2.38. The van der Waals surface area contributed by atoms with E-state index in [4.69, 9.17) is 0 Å². The average molecular weight is 319 g/mol. The van der Waals surface area contributed by atoms with E-state index in [1.807, 2.05) is 4.90 Å².